The number of nitrogens with zero attached hydrogens (tertiary/aromatic N) is 1. The van der Waals surface area contributed by atoms with Gasteiger partial charge < -0.3 is 4.48 Å². The molecule has 0 aliphatic rings. The summed E-state index contributed by atoms with van der Waals surface area (Å²) in [4.78, 5) is 0. The molecule has 0 aromatic heterocycles. The Hall–Kier alpha value is -0.0400. The van der Waals surface area contributed by atoms with Crippen molar-refractivity contribution in [3.63, 3.8) is 0 Å². The maximum Gasteiger partial charge on any atom is 0.0780 e. The molecule has 0 radical (unpaired) electrons. The van der Waals surface area contributed by atoms with Gasteiger partial charge in [-0.1, -0.05) is 225 Å². The third kappa shape index (κ3) is 40.0. The van der Waals surface area contributed by atoms with E-state index in [1.807, 2.05) is 0 Å². The molecular formula is C41H86N+. The first-order valence-electron chi connectivity index (χ1n) is 20.4. The van der Waals surface area contributed by atoms with Gasteiger partial charge in [-0.2, -0.15) is 0 Å². The predicted octanol–water partition coefficient (Wildman–Crippen LogP) is 14.8. The SMILES string of the molecule is CCCCCCCCCCCCCCCCCCCCCCCCCCCCCCCCCCCCCC[N+](C)(C)C. The summed E-state index contributed by atoms with van der Waals surface area (Å²) in [6, 6.07) is 0. The van der Waals surface area contributed by atoms with Gasteiger partial charge in [-0.3, -0.25) is 0 Å². The van der Waals surface area contributed by atoms with Crippen LogP contribution in [0.1, 0.15) is 238 Å². The van der Waals surface area contributed by atoms with Gasteiger partial charge in [0.1, 0.15) is 0 Å². The van der Waals surface area contributed by atoms with E-state index in [4.69, 9.17) is 0 Å². The van der Waals surface area contributed by atoms with Crippen molar-refractivity contribution in [1.82, 2.24) is 0 Å². The summed E-state index contributed by atoms with van der Waals surface area (Å²) in [7, 11) is 6.93. The summed E-state index contributed by atoms with van der Waals surface area (Å²) in [5.41, 5.74) is 0. The van der Waals surface area contributed by atoms with Gasteiger partial charge in [0.15, 0.2) is 0 Å². The molecule has 0 aliphatic heterocycles. The van der Waals surface area contributed by atoms with Gasteiger partial charge in [0.05, 0.1) is 27.7 Å². The second-order valence-electron chi connectivity index (χ2n) is 15.4. The standard InChI is InChI=1S/C41H86N/c1-5-6-7-8-9-10-11-12-13-14-15-16-17-18-19-20-21-22-23-24-25-26-27-28-29-30-31-32-33-34-35-36-37-38-39-40-41-42(2,3)4/h5-41H2,1-4H3/q+1. The van der Waals surface area contributed by atoms with Crippen LogP contribution < -0.4 is 0 Å². The van der Waals surface area contributed by atoms with Crippen molar-refractivity contribution in [2.45, 2.75) is 238 Å². The predicted molar refractivity (Wildman–Crippen MR) is 195 cm³/mol. The highest BCUT2D eigenvalue weighted by atomic mass is 15.3. The zero-order chi connectivity index (χ0) is 30.7. The monoisotopic (exact) mass is 593 g/mol. The average molecular weight is 593 g/mol. The molecule has 0 saturated carbocycles. The Morgan fingerprint density at radius 2 is 0.357 bits per heavy atom. The van der Waals surface area contributed by atoms with E-state index in [9.17, 15) is 0 Å². The highest BCUT2D eigenvalue weighted by Gasteiger charge is 2.05. The molecule has 0 saturated heterocycles. The summed E-state index contributed by atoms with van der Waals surface area (Å²) in [5.74, 6) is 0. The largest absolute Gasteiger partial charge is 0.331 e. The van der Waals surface area contributed by atoms with Gasteiger partial charge in [0.2, 0.25) is 0 Å². The Balaban J connectivity index is 3.04. The Morgan fingerprint density at radius 3 is 0.500 bits per heavy atom. The molecule has 0 amide bonds. The maximum atomic E-state index is 2.31. The van der Waals surface area contributed by atoms with E-state index in [-0.39, 0.29) is 0 Å². The Kier molecular flexibility index (Phi) is 35.4. The van der Waals surface area contributed by atoms with Crippen molar-refractivity contribution in [3.8, 4) is 0 Å². The van der Waals surface area contributed by atoms with E-state index in [1.54, 1.807) is 0 Å². The van der Waals surface area contributed by atoms with Crippen molar-refractivity contribution in [2.75, 3.05) is 27.7 Å². The lowest BCUT2D eigenvalue weighted by Crippen LogP contribution is -2.35. The Labute approximate surface area is 269 Å². The van der Waals surface area contributed by atoms with Gasteiger partial charge in [-0.15, -0.1) is 0 Å². The molecule has 254 valence electrons. The molecule has 0 N–H and O–H groups in total. The van der Waals surface area contributed by atoms with Gasteiger partial charge in [0.25, 0.3) is 0 Å². The molecule has 1 nitrogen and oxygen atoms in total. The second kappa shape index (κ2) is 35.4. The molecular weight excluding hydrogens is 506 g/mol. The molecule has 0 unspecified atom stereocenters. The van der Waals surface area contributed by atoms with Gasteiger partial charge in [-0.05, 0) is 12.8 Å². The number of unbranched alkanes of at least 4 members (excludes halogenated alkanes) is 35. The van der Waals surface area contributed by atoms with Crippen LogP contribution in [0.3, 0.4) is 0 Å². The van der Waals surface area contributed by atoms with Crippen LogP contribution in [0.25, 0.3) is 0 Å². The minimum absolute atomic E-state index is 1.12. The van der Waals surface area contributed by atoms with Crippen LogP contribution in [-0.4, -0.2) is 32.2 Å². The average Bonchev–Trinajstić information content (AvgIpc) is 2.96. The zero-order valence-corrected chi connectivity index (χ0v) is 30.6. The van der Waals surface area contributed by atoms with Crippen LogP contribution >= 0.6 is 0 Å². The van der Waals surface area contributed by atoms with Crippen LogP contribution in [0, 0.1) is 0 Å². The van der Waals surface area contributed by atoms with Gasteiger partial charge >= 0.3 is 0 Å². The normalized spacial score (nSPS) is 12.0. The van der Waals surface area contributed by atoms with E-state index in [1.165, 1.54) is 238 Å². The quantitative estimate of drug-likeness (QED) is 0.0497. The third-order valence-corrected chi connectivity index (χ3v) is 9.68. The fourth-order valence-corrected chi connectivity index (χ4v) is 6.67. The molecule has 0 aromatic rings. The lowest BCUT2D eigenvalue weighted by atomic mass is 10.0. The Morgan fingerprint density at radius 1 is 0.214 bits per heavy atom. The fraction of sp³-hybridized carbons (Fsp3) is 1.00. The maximum absolute atomic E-state index is 2.31. The van der Waals surface area contributed by atoms with Crippen LogP contribution in [-0.2, 0) is 0 Å². The molecule has 0 fully saturated rings. The number of hydrogen-bond acceptors (Lipinski definition) is 0. The zero-order valence-electron chi connectivity index (χ0n) is 30.6. The van der Waals surface area contributed by atoms with Crippen LogP contribution in [0.4, 0.5) is 0 Å². The summed E-state index contributed by atoms with van der Waals surface area (Å²) in [5, 5.41) is 0. The van der Waals surface area contributed by atoms with Gasteiger partial charge in [-0.25, -0.2) is 0 Å². The van der Waals surface area contributed by atoms with Crippen LogP contribution in [0.5, 0.6) is 0 Å². The molecule has 0 atom stereocenters. The van der Waals surface area contributed by atoms with Crippen molar-refractivity contribution in [2.24, 2.45) is 0 Å². The highest BCUT2D eigenvalue weighted by Crippen LogP contribution is 2.17. The number of hydrogen-bond donors (Lipinski definition) is 0. The van der Waals surface area contributed by atoms with Crippen molar-refractivity contribution in [1.29, 1.82) is 0 Å². The summed E-state index contributed by atoms with van der Waals surface area (Å²) < 4.78 is 1.12. The molecule has 42 heavy (non-hydrogen) atoms. The highest BCUT2D eigenvalue weighted by molar-refractivity contribution is 4.53. The van der Waals surface area contributed by atoms with Crippen molar-refractivity contribution < 1.29 is 4.48 Å². The van der Waals surface area contributed by atoms with E-state index in [0.29, 0.717) is 0 Å². The third-order valence-electron chi connectivity index (χ3n) is 9.68. The second-order valence-corrected chi connectivity index (χ2v) is 15.4. The molecule has 0 aliphatic carbocycles. The van der Waals surface area contributed by atoms with E-state index >= 15 is 0 Å². The lowest BCUT2D eigenvalue weighted by molar-refractivity contribution is -0.870. The topological polar surface area (TPSA) is 0 Å². The van der Waals surface area contributed by atoms with E-state index in [2.05, 4.69) is 28.1 Å². The van der Waals surface area contributed by atoms with Crippen molar-refractivity contribution >= 4 is 0 Å². The first-order valence-corrected chi connectivity index (χ1v) is 20.4. The van der Waals surface area contributed by atoms with E-state index in [0.717, 1.165) is 4.48 Å². The lowest BCUT2D eigenvalue weighted by Gasteiger charge is -2.23. The summed E-state index contributed by atoms with van der Waals surface area (Å²) >= 11 is 0. The molecule has 0 rings (SSSR count). The first-order chi connectivity index (χ1) is 20.6. The first kappa shape index (κ1) is 42.0. The molecule has 1 heteroatoms. The molecule has 0 aromatic carbocycles. The van der Waals surface area contributed by atoms with E-state index < -0.39 is 0 Å². The number of rotatable bonds is 37. The van der Waals surface area contributed by atoms with Crippen LogP contribution in [0.2, 0.25) is 0 Å². The minimum Gasteiger partial charge on any atom is -0.331 e. The fourth-order valence-electron chi connectivity index (χ4n) is 6.67. The Bertz CT molecular complexity index is 464. The smallest absolute Gasteiger partial charge is 0.0780 e. The molecule has 0 bridgehead atoms. The minimum atomic E-state index is 1.12. The van der Waals surface area contributed by atoms with Gasteiger partial charge in [0, 0.05) is 0 Å². The summed E-state index contributed by atoms with van der Waals surface area (Å²) in [6.45, 7) is 3.64. The molecule has 0 spiro atoms. The molecule has 0 heterocycles. The van der Waals surface area contributed by atoms with Crippen LogP contribution in [0.15, 0.2) is 0 Å². The summed E-state index contributed by atoms with van der Waals surface area (Å²) in [6.07, 6.45) is 53.3. The van der Waals surface area contributed by atoms with Crippen molar-refractivity contribution in [3.05, 3.63) is 0 Å². The number of quaternary nitrogens is 1.